The van der Waals surface area contributed by atoms with Crippen LogP contribution < -0.4 is 0 Å². The Morgan fingerprint density at radius 3 is 0.956 bits per heavy atom. The van der Waals surface area contributed by atoms with Crippen molar-refractivity contribution in [3.05, 3.63) is 122 Å². The van der Waals surface area contributed by atoms with Crippen molar-refractivity contribution < 1.29 is 24.2 Å². The highest BCUT2D eigenvalue weighted by atomic mass is 16.6. The molecular formula is C63H104O5. The molecule has 0 aromatic rings. The summed E-state index contributed by atoms with van der Waals surface area (Å²) in [5, 5.41) is 9.65. The van der Waals surface area contributed by atoms with E-state index in [4.69, 9.17) is 9.47 Å². The fraction of sp³-hybridized carbons (Fsp3) is 0.651. The second-order valence-corrected chi connectivity index (χ2v) is 18.3. The van der Waals surface area contributed by atoms with Gasteiger partial charge in [0.2, 0.25) is 0 Å². The Bertz CT molecular complexity index is 1390. The van der Waals surface area contributed by atoms with E-state index in [-0.39, 0.29) is 25.2 Å². The van der Waals surface area contributed by atoms with Gasteiger partial charge in [-0.2, -0.15) is 0 Å². The van der Waals surface area contributed by atoms with Crippen LogP contribution in [0.3, 0.4) is 0 Å². The van der Waals surface area contributed by atoms with Crippen LogP contribution in [0, 0.1) is 0 Å². The fourth-order valence-electron chi connectivity index (χ4n) is 7.54. The highest BCUT2D eigenvalue weighted by molar-refractivity contribution is 5.70. The first-order valence-electron chi connectivity index (χ1n) is 28.1. The number of ether oxygens (including phenoxy) is 2. The number of unbranched alkanes of at least 4 members (excludes halogenated alkanes) is 22. The lowest BCUT2D eigenvalue weighted by molar-refractivity contribution is -0.161. The van der Waals surface area contributed by atoms with Crippen molar-refractivity contribution >= 4 is 11.9 Å². The number of aliphatic hydroxyl groups excluding tert-OH is 1. The molecule has 0 aromatic carbocycles. The highest BCUT2D eigenvalue weighted by Crippen LogP contribution is 2.14. The summed E-state index contributed by atoms with van der Waals surface area (Å²) < 4.78 is 10.7. The molecule has 0 aromatic heterocycles. The molecule has 0 heterocycles. The van der Waals surface area contributed by atoms with Gasteiger partial charge in [-0.05, 0) is 109 Å². The van der Waals surface area contributed by atoms with Crippen LogP contribution in [0.15, 0.2) is 122 Å². The van der Waals surface area contributed by atoms with Gasteiger partial charge in [0.05, 0.1) is 6.61 Å². The Balaban J connectivity index is 3.59. The summed E-state index contributed by atoms with van der Waals surface area (Å²) in [6.07, 6.45) is 84.4. The minimum absolute atomic E-state index is 0.0795. The van der Waals surface area contributed by atoms with Gasteiger partial charge in [-0.25, -0.2) is 0 Å². The summed E-state index contributed by atoms with van der Waals surface area (Å²) in [6.45, 7) is 4.01. The maximum Gasteiger partial charge on any atom is 0.306 e. The number of rotatable bonds is 50. The second-order valence-electron chi connectivity index (χ2n) is 18.3. The molecule has 0 radical (unpaired) electrons. The van der Waals surface area contributed by atoms with Crippen molar-refractivity contribution in [2.24, 2.45) is 0 Å². The third kappa shape index (κ3) is 54.9. The molecule has 386 valence electrons. The van der Waals surface area contributed by atoms with Crippen molar-refractivity contribution in [2.75, 3.05) is 13.2 Å². The molecule has 5 nitrogen and oxygen atoms in total. The SMILES string of the molecule is CC/C=C\C/C=C\C/C=C\C/C=C\C/C=C\C/C=C\C/C=C\CCCCCCCCCC(=O)OC(CO)COC(=O)CCCCCCCCCCCC/C=C\C/C=C\C/C=C\CCCCCCC. The number of allylic oxidation sites excluding steroid dienone is 20. The third-order valence-corrected chi connectivity index (χ3v) is 11.7. The molecule has 0 aliphatic heterocycles. The largest absolute Gasteiger partial charge is 0.462 e. The Labute approximate surface area is 420 Å². The molecule has 0 rings (SSSR count). The van der Waals surface area contributed by atoms with Crippen LogP contribution in [0.1, 0.15) is 245 Å². The lowest BCUT2D eigenvalue weighted by Crippen LogP contribution is -2.28. The maximum absolute atomic E-state index is 12.3. The Kier molecular flexibility index (Phi) is 54.5. The standard InChI is InChI=1S/C63H104O5/c1-3-5-7-9-11-13-15-17-19-21-23-25-27-29-30-31-32-34-36-38-40-42-44-46-48-50-52-54-56-58-63(66)68-61(59-64)60-67-62(65)57-55-53-51-49-47-45-43-41-39-37-35-33-28-26-24-22-20-18-16-14-12-10-8-6-4-2/h5,7,11,13,16-19,22-25,28-30,32-34,38,40,61,64H,3-4,6,8-10,12,14-15,20-21,26-27,31,35-37,39,41-60H2,1-2H3/b7-5-,13-11-,18-16-,19-17-,24-22-,25-23-,30-29-,33-28-,34-32-,40-38-. The average molecular weight is 942 g/mol. The number of hydrogen-bond acceptors (Lipinski definition) is 5. The van der Waals surface area contributed by atoms with Gasteiger partial charge in [0.15, 0.2) is 6.10 Å². The number of esters is 2. The van der Waals surface area contributed by atoms with Gasteiger partial charge < -0.3 is 14.6 Å². The van der Waals surface area contributed by atoms with Crippen LogP contribution in [-0.2, 0) is 19.1 Å². The molecule has 1 N–H and O–H groups in total. The monoisotopic (exact) mass is 941 g/mol. The molecule has 0 fully saturated rings. The molecule has 1 atom stereocenters. The first kappa shape index (κ1) is 64.3. The van der Waals surface area contributed by atoms with Crippen LogP contribution >= 0.6 is 0 Å². The first-order chi connectivity index (χ1) is 33.6. The van der Waals surface area contributed by atoms with E-state index >= 15 is 0 Å². The van der Waals surface area contributed by atoms with Crippen molar-refractivity contribution in [1.29, 1.82) is 0 Å². The van der Waals surface area contributed by atoms with Crippen LogP contribution in [0.5, 0.6) is 0 Å². The lowest BCUT2D eigenvalue weighted by Gasteiger charge is -2.15. The first-order valence-corrected chi connectivity index (χ1v) is 28.1. The summed E-state index contributed by atoms with van der Waals surface area (Å²) in [5.41, 5.74) is 0. The summed E-state index contributed by atoms with van der Waals surface area (Å²) in [6, 6.07) is 0. The minimum atomic E-state index is -0.790. The molecule has 0 aliphatic rings. The number of carbonyl (C=O) groups excluding carboxylic acids is 2. The van der Waals surface area contributed by atoms with Crippen LogP contribution in [-0.4, -0.2) is 36.4 Å². The van der Waals surface area contributed by atoms with Gasteiger partial charge in [-0.1, -0.05) is 245 Å². The quantitative estimate of drug-likeness (QED) is 0.0374. The number of carbonyl (C=O) groups is 2. The number of aliphatic hydroxyl groups is 1. The van der Waals surface area contributed by atoms with E-state index in [2.05, 4.69) is 135 Å². The molecule has 0 saturated carbocycles. The second kappa shape index (κ2) is 57.6. The van der Waals surface area contributed by atoms with Gasteiger partial charge in [-0.3, -0.25) is 9.59 Å². The van der Waals surface area contributed by atoms with E-state index in [9.17, 15) is 14.7 Å². The molecule has 5 heteroatoms. The van der Waals surface area contributed by atoms with Gasteiger partial charge >= 0.3 is 11.9 Å². The van der Waals surface area contributed by atoms with Crippen molar-refractivity contribution in [2.45, 2.75) is 251 Å². The summed E-state index contributed by atoms with van der Waals surface area (Å²) in [4.78, 5) is 24.5. The van der Waals surface area contributed by atoms with Crippen molar-refractivity contribution in [3.8, 4) is 0 Å². The fourth-order valence-corrected chi connectivity index (χ4v) is 7.54. The van der Waals surface area contributed by atoms with Gasteiger partial charge in [0, 0.05) is 12.8 Å². The smallest absolute Gasteiger partial charge is 0.306 e. The minimum Gasteiger partial charge on any atom is -0.462 e. The predicted octanol–water partition coefficient (Wildman–Crippen LogP) is 19.1. The van der Waals surface area contributed by atoms with Crippen LogP contribution in [0.25, 0.3) is 0 Å². The van der Waals surface area contributed by atoms with E-state index in [1.54, 1.807) is 0 Å². The highest BCUT2D eigenvalue weighted by Gasteiger charge is 2.16. The van der Waals surface area contributed by atoms with Crippen molar-refractivity contribution in [1.82, 2.24) is 0 Å². The third-order valence-electron chi connectivity index (χ3n) is 11.7. The molecule has 0 bridgehead atoms. The molecule has 0 amide bonds. The van der Waals surface area contributed by atoms with Gasteiger partial charge in [0.25, 0.3) is 0 Å². The van der Waals surface area contributed by atoms with Gasteiger partial charge in [-0.15, -0.1) is 0 Å². The summed E-state index contributed by atoms with van der Waals surface area (Å²) in [5.74, 6) is -0.612. The van der Waals surface area contributed by atoms with E-state index in [0.29, 0.717) is 12.8 Å². The van der Waals surface area contributed by atoms with E-state index in [1.807, 2.05) is 0 Å². The Morgan fingerprint density at radius 2 is 0.632 bits per heavy atom. The summed E-state index contributed by atoms with van der Waals surface area (Å²) in [7, 11) is 0. The molecule has 0 aliphatic carbocycles. The zero-order valence-electron chi connectivity index (χ0n) is 44.1. The zero-order chi connectivity index (χ0) is 49.2. The molecule has 0 spiro atoms. The Morgan fingerprint density at radius 1 is 0.353 bits per heavy atom. The van der Waals surface area contributed by atoms with E-state index in [0.717, 1.165) is 103 Å². The maximum atomic E-state index is 12.3. The molecule has 1 unspecified atom stereocenters. The molecule has 68 heavy (non-hydrogen) atoms. The topological polar surface area (TPSA) is 72.8 Å². The van der Waals surface area contributed by atoms with Gasteiger partial charge in [0.1, 0.15) is 6.61 Å². The van der Waals surface area contributed by atoms with Crippen LogP contribution in [0.2, 0.25) is 0 Å². The molecular weight excluding hydrogens is 837 g/mol. The van der Waals surface area contributed by atoms with E-state index < -0.39 is 6.10 Å². The summed E-state index contributed by atoms with van der Waals surface area (Å²) >= 11 is 0. The number of hydrogen-bond donors (Lipinski definition) is 1. The average Bonchev–Trinajstić information content (AvgIpc) is 3.34. The zero-order valence-corrected chi connectivity index (χ0v) is 44.1. The van der Waals surface area contributed by atoms with Crippen LogP contribution in [0.4, 0.5) is 0 Å². The van der Waals surface area contributed by atoms with E-state index in [1.165, 1.54) is 116 Å². The lowest BCUT2D eigenvalue weighted by atomic mass is 10.1. The van der Waals surface area contributed by atoms with Crippen molar-refractivity contribution in [3.63, 3.8) is 0 Å². The Hall–Kier alpha value is -3.70. The predicted molar refractivity (Wildman–Crippen MR) is 297 cm³/mol. The normalized spacial score (nSPS) is 13.2. The molecule has 0 saturated heterocycles.